The first kappa shape index (κ1) is 16.8. The summed E-state index contributed by atoms with van der Waals surface area (Å²) in [6, 6.07) is 5.09. The maximum atomic E-state index is 11.9. The van der Waals surface area contributed by atoms with Crippen LogP contribution in [0.2, 0.25) is 0 Å². The van der Waals surface area contributed by atoms with Crippen LogP contribution < -0.4 is 16.4 Å². The van der Waals surface area contributed by atoms with Crippen molar-refractivity contribution in [3.8, 4) is 0 Å². The van der Waals surface area contributed by atoms with Gasteiger partial charge in [0.1, 0.15) is 5.60 Å². The highest BCUT2D eigenvalue weighted by Gasteiger charge is 2.15. The molecule has 0 fully saturated rings. The Kier molecular flexibility index (Phi) is 5.58. The quantitative estimate of drug-likeness (QED) is 0.583. The summed E-state index contributed by atoms with van der Waals surface area (Å²) in [5, 5.41) is 5.28. The number of nitrogens with two attached hydrogens (primary N) is 1. The molecule has 0 aromatic heterocycles. The lowest BCUT2D eigenvalue weighted by atomic mass is 10.1. The van der Waals surface area contributed by atoms with E-state index in [2.05, 4.69) is 10.6 Å². The summed E-state index contributed by atoms with van der Waals surface area (Å²) in [6.45, 7) is 7.83. The third kappa shape index (κ3) is 6.16. The van der Waals surface area contributed by atoms with Gasteiger partial charge in [0, 0.05) is 24.3 Å². The molecule has 6 heteroatoms. The second-order valence-corrected chi connectivity index (χ2v) is 5.76. The van der Waals surface area contributed by atoms with Crippen molar-refractivity contribution >= 4 is 17.7 Å². The lowest BCUT2D eigenvalue weighted by Gasteiger charge is -2.19. The van der Waals surface area contributed by atoms with Gasteiger partial charge in [0.25, 0.3) is 5.91 Å². The molecule has 21 heavy (non-hydrogen) atoms. The molecular weight excluding hydrogens is 270 g/mol. The monoisotopic (exact) mass is 293 g/mol. The van der Waals surface area contributed by atoms with Crippen LogP contribution >= 0.6 is 0 Å². The minimum absolute atomic E-state index is 0.205. The van der Waals surface area contributed by atoms with Crippen molar-refractivity contribution in [1.29, 1.82) is 0 Å². The first-order chi connectivity index (χ1) is 9.69. The van der Waals surface area contributed by atoms with Crippen LogP contribution in [0.4, 0.5) is 10.5 Å². The van der Waals surface area contributed by atoms with Gasteiger partial charge in [-0.2, -0.15) is 0 Å². The summed E-state index contributed by atoms with van der Waals surface area (Å²) >= 11 is 0. The molecule has 4 N–H and O–H groups in total. The third-order valence-electron chi connectivity index (χ3n) is 2.61. The SMILES string of the molecule is Cc1cc(C(=O)NCCNC(=O)OC(C)(C)C)ccc1N. The van der Waals surface area contributed by atoms with Crippen LogP contribution in [-0.2, 0) is 4.74 Å². The Morgan fingerprint density at radius 1 is 1.19 bits per heavy atom. The summed E-state index contributed by atoms with van der Waals surface area (Å²) in [5.74, 6) is -0.205. The number of amides is 2. The zero-order valence-electron chi connectivity index (χ0n) is 12.9. The Labute approximate surface area is 125 Å². The number of carbonyl (C=O) groups is 2. The van der Waals surface area contributed by atoms with E-state index in [-0.39, 0.29) is 5.91 Å². The fourth-order valence-corrected chi connectivity index (χ4v) is 1.57. The number of hydrogen-bond acceptors (Lipinski definition) is 4. The van der Waals surface area contributed by atoms with Gasteiger partial charge in [0.2, 0.25) is 0 Å². The van der Waals surface area contributed by atoms with Crippen molar-refractivity contribution < 1.29 is 14.3 Å². The Hall–Kier alpha value is -2.24. The molecule has 2 amide bonds. The molecule has 0 aliphatic carbocycles. The number of rotatable bonds is 4. The number of aryl methyl sites for hydroxylation is 1. The van der Waals surface area contributed by atoms with Crippen molar-refractivity contribution in [1.82, 2.24) is 10.6 Å². The summed E-state index contributed by atoms with van der Waals surface area (Å²) in [5.41, 5.74) is 7.22. The second kappa shape index (κ2) is 6.97. The smallest absolute Gasteiger partial charge is 0.407 e. The average molecular weight is 293 g/mol. The zero-order valence-corrected chi connectivity index (χ0v) is 12.9. The maximum Gasteiger partial charge on any atom is 0.407 e. The van der Waals surface area contributed by atoms with E-state index >= 15 is 0 Å². The Bertz CT molecular complexity index is 521. The van der Waals surface area contributed by atoms with Gasteiger partial charge in [-0.25, -0.2) is 4.79 Å². The van der Waals surface area contributed by atoms with E-state index in [1.165, 1.54) is 0 Å². The highest BCUT2D eigenvalue weighted by Crippen LogP contribution is 2.12. The largest absolute Gasteiger partial charge is 0.444 e. The molecule has 0 atom stereocenters. The van der Waals surface area contributed by atoms with Crippen LogP contribution in [0.3, 0.4) is 0 Å². The number of ether oxygens (including phenoxy) is 1. The molecule has 0 aliphatic heterocycles. The van der Waals surface area contributed by atoms with Gasteiger partial charge in [-0.05, 0) is 51.5 Å². The number of nitrogen functional groups attached to an aromatic ring is 1. The predicted molar refractivity (Wildman–Crippen MR) is 82.2 cm³/mol. The topological polar surface area (TPSA) is 93.5 Å². The highest BCUT2D eigenvalue weighted by molar-refractivity contribution is 5.94. The van der Waals surface area contributed by atoms with E-state index in [0.29, 0.717) is 24.3 Å². The van der Waals surface area contributed by atoms with Gasteiger partial charge in [0.15, 0.2) is 0 Å². The lowest BCUT2D eigenvalue weighted by molar-refractivity contribution is 0.0526. The molecule has 0 unspecified atom stereocenters. The summed E-state index contributed by atoms with van der Waals surface area (Å²) in [6.07, 6.45) is -0.500. The maximum absolute atomic E-state index is 11.9. The minimum Gasteiger partial charge on any atom is -0.444 e. The molecule has 6 nitrogen and oxygen atoms in total. The summed E-state index contributed by atoms with van der Waals surface area (Å²) < 4.78 is 5.08. The number of hydrogen-bond donors (Lipinski definition) is 3. The van der Waals surface area contributed by atoms with E-state index < -0.39 is 11.7 Å². The van der Waals surface area contributed by atoms with Crippen LogP contribution in [0.1, 0.15) is 36.7 Å². The summed E-state index contributed by atoms with van der Waals surface area (Å²) in [4.78, 5) is 23.3. The molecule has 1 aromatic rings. The first-order valence-electron chi connectivity index (χ1n) is 6.80. The van der Waals surface area contributed by atoms with Crippen molar-refractivity contribution in [2.24, 2.45) is 0 Å². The number of anilines is 1. The Balaban J connectivity index is 2.34. The van der Waals surface area contributed by atoms with E-state index in [1.807, 2.05) is 6.92 Å². The van der Waals surface area contributed by atoms with Gasteiger partial charge in [-0.3, -0.25) is 4.79 Å². The standard InChI is InChI=1S/C15H23N3O3/c1-10-9-11(5-6-12(10)16)13(19)17-7-8-18-14(20)21-15(2,3)4/h5-6,9H,7-8,16H2,1-4H3,(H,17,19)(H,18,20). The molecule has 116 valence electrons. The van der Waals surface area contributed by atoms with Gasteiger partial charge in [-0.15, -0.1) is 0 Å². The number of nitrogens with one attached hydrogen (secondary N) is 2. The fraction of sp³-hybridized carbons (Fsp3) is 0.467. The van der Waals surface area contributed by atoms with Crippen molar-refractivity contribution in [2.45, 2.75) is 33.3 Å². The van der Waals surface area contributed by atoms with Crippen LogP contribution in [-0.4, -0.2) is 30.7 Å². The van der Waals surface area contributed by atoms with Gasteiger partial charge >= 0.3 is 6.09 Å². The van der Waals surface area contributed by atoms with Crippen molar-refractivity contribution in [3.05, 3.63) is 29.3 Å². The number of benzene rings is 1. The van der Waals surface area contributed by atoms with Crippen LogP contribution in [0.25, 0.3) is 0 Å². The van der Waals surface area contributed by atoms with E-state index in [0.717, 1.165) is 5.56 Å². The molecule has 0 aliphatic rings. The second-order valence-electron chi connectivity index (χ2n) is 5.76. The van der Waals surface area contributed by atoms with Gasteiger partial charge in [-0.1, -0.05) is 0 Å². The van der Waals surface area contributed by atoms with Crippen molar-refractivity contribution in [2.75, 3.05) is 18.8 Å². The molecule has 0 bridgehead atoms. The Morgan fingerprint density at radius 3 is 2.38 bits per heavy atom. The molecule has 0 heterocycles. The average Bonchev–Trinajstić information content (AvgIpc) is 2.35. The van der Waals surface area contributed by atoms with E-state index in [4.69, 9.17) is 10.5 Å². The van der Waals surface area contributed by atoms with Crippen LogP contribution in [0, 0.1) is 6.92 Å². The highest BCUT2D eigenvalue weighted by atomic mass is 16.6. The molecule has 0 saturated heterocycles. The minimum atomic E-state index is -0.533. The third-order valence-corrected chi connectivity index (χ3v) is 2.61. The van der Waals surface area contributed by atoms with Gasteiger partial charge < -0.3 is 21.1 Å². The number of alkyl carbamates (subject to hydrolysis) is 1. The van der Waals surface area contributed by atoms with Gasteiger partial charge in [0.05, 0.1) is 0 Å². The van der Waals surface area contributed by atoms with E-state index in [9.17, 15) is 9.59 Å². The molecule has 0 radical (unpaired) electrons. The van der Waals surface area contributed by atoms with Crippen LogP contribution in [0.5, 0.6) is 0 Å². The normalized spacial score (nSPS) is 10.9. The van der Waals surface area contributed by atoms with Crippen LogP contribution in [0.15, 0.2) is 18.2 Å². The predicted octanol–water partition coefficient (Wildman–Crippen LogP) is 1.83. The van der Waals surface area contributed by atoms with E-state index in [1.54, 1.807) is 39.0 Å². The molecule has 1 aromatic carbocycles. The molecular formula is C15H23N3O3. The number of carbonyl (C=O) groups excluding carboxylic acids is 2. The Morgan fingerprint density at radius 2 is 1.81 bits per heavy atom. The molecule has 0 saturated carbocycles. The molecule has 0 spiro atoms. The fourth-order valence-electron chi connectivity index (χ4n) is 1.57. The molecule has 1 rings (SSSR count). The summed E-state index contributed by atoms with van der Waals surface area (Å²) in [7, 11) is 0. The zero-order chi connectivity index (χ0) is 16.0. The first-order valence-corrected chi connectivity index (χ1v) is 6.80. The van der Waals surface area contributed by atoms with Crippen molar-refractivity contribution in [3.63, 3.8) is 0 Å². The lowest BCUT2D eigenvalue weighted by Crippen LogP contribution is -2.37.